The lowest BCUT2D eigenvalue weighted by atomic mass is 9.87. The molecule has 0 bridgehead atoms. The van der Waals surface area contributed by atoms with Crippen molar-refractivity contribution in [2.75, 3.05) is 26.4 Å². The van der Waals surface area contributed by atoms with Gasteiger partial charge in [0.2, 0.25) is 0 Å². The first-order valence-electron chi connectivity index (χ1n) is 29.6. The van der Waals surface area contributed by atoms with Gasteiger partial charge < -0.3 is 23.7 Å². The van der Waals surface area contributed by atoms with Crippen LogP contribution in [0.3, 0.4) is 0 Å². The highest BCUT2D eigenvalue weighted by Gasteiger charge is 2.42. The van der Waals surface area contributed by atoms with Crippen molar-refractivity contribution >= 4 is 0 Å². The van der Waals surface area contributed by atoms with Crippen LogP contribution in [-0.2, 0) is 49.4 Å². The number of hydrogen-bond donors (Lipinski definition) is 0. The highest BCUT2D eigenvalue weighted by Crippen LogP contribution is 2.41. The van der Waals surface area contributed by atoms with Crippen molar-refractivity contribution in [1.82, 2.24) is 0 Å². The Morgan fingerprint density at radius 2 is 0.648 bits per heavy atom. The molecule has 4 heterocycles. The third kappa shape index (κ3) is 19.8. The van der Waals surface area contributed by atoms with Gasteiger partial charge in [0.1, 0.15) is 24.4 Å². The monoisotopic (exact) mass is 967 g/mol. The van der Waals surface area contributed by atoms with Gasteiger partial charge in [-0.1, -0.05) is 226 Å². The molecule has 388 valence electrons. The summed E-state index contributed by atoms with van der Waals surface area (Å²) in [7, 11) is 0. The first kappa shape index (κ1) is 54.0. The van der Waals surface area contributed by atoms with Crippen LogP contribution in [0.5, 0.6) is 0 Å². The zero-order valence-electron chi connectivity index (χ0n) is 44.5. The van der Waals surface area contributed by atoms with Gasteiger partial charge in [-0.2, -0.15) is 0 Å². The number of aryl methyl sites for hydroxylation is 2. The molecule has 0 N–H and O–H groups in total. The largest absolute Gasteiger partial charge is 0.373 e. The van der Waals surface area contributed by atoms with E-state index in [0.717, 1.165) is 52.1 Å². The fraction of sp³-hybridized carbons (Fsp3) is 0.636. The Morgan fingerprint density at radius 1 is 0.352 bits per heavy atom. The third-order valence-corrected chi connectivity index (χ3v) is 16.3. The molecule has 4 aromatic carbocycles. The second-order valence-electron chi connectivity index (χ2n) is 22.4. The quantitative estimate of drug-likeness (QED) is 0.0328. The standard InChI is InChI=1S/C66H94O5/c1-3-5-7-11-19-25-55(57-37-33-53(34-38-57)45-61-47-67-61)27-21-15-9-13-17-23-51-29-41-59(42-30-51)65(63-49-69-63)71-66(64-50-70-64)60-43-31-52(32-44-60)24-18-14-10-16-22-28-56(26-20-12-8-6-4-2)58-39-35-54(36-40-58)46-62-48-68-62/h29-44,55-56,61-66H,3-28,45-50H2,1-2H3. The van der Waals surface area contributed by atoms with Crippen molar-refractivity contribution in [2.45, 2.75) is 242 Å². The smallest absolute Gasteiger partial charge is 0.112 e. The molecule has 5 heteroatoms. The normalized spacial score (nSPS) is 20.6. The summed E-state index contributed by atoms with van der Waals surface area (Å²) in [6.45, 7) is 8.01. The summed E-state index contributed by atoms with van der Waals surface area (Å²) in [5.74, 6) is 1.40. The third-order valence-electron chi connectivity index (χ3n) is 16.3. The number of unbranched alkanes of at least 4 members (excludes halogenated alkanes) is 16. The lowest BCUT2D eigenvalue weighted by molar-refractivity contribution is -0.0419. The van der Waals surface area contributed by atoms with Crippen LogP contribution in [-0.4, -0.2) is 50.8 Å². The SMILES string of the molecule is CCCCCCCC(CCCCCCCc1ccc(C(OC(c2ccc(CCCCCCCC(CCCCCCC)c3ccc(CC4CO4)cc3)cc2)C2CO2)C2CO2)cc1)c1ccc(CC2CO2)cc1. The molecule has 8 rings (SSSR count). The van der Waals surface area contributed by atoms with Gasteiger partial charge in [-0.3, -0.25) is 0 Å². The molecule has 4 saturated heterocycles. The number of hydrogen-bond acceptors (Lipinski definition) is 5. The average Bonchev–Trinajstić information content (AvgIpc) is 4.15. The zero-order valence-corrected chi connectivity index (χ0v) is 44.5. The molecular weight excluding hydrogens is 873 g/mol. The maximum Gasteiger partial charge on any atom is 0.112 e. The van der Waals surface area contributed by atoms with Crippen molar-refractivity contribution in [1.29, 1.82) is 0 Å². The minimum absolute atomic E-state index is 0.0810. The minimum Gasteiger partial charge on any atom is -0.373 e. The van der Waals surface area contributed by atoms with Crippen LogP contribution in [0.1, 0.15) is 236 Å². The lowest BCUT2D eigenvalue weighted by Gasteiger charge is -2.24. The first-order valence-corrected chi connectivity index (χ1v) is 29.6. The topological polar surface area (TPSA) is 59.4 Å². The molecule has 5 nitrogen and oxygen atoms in total. The molecule has 0 saturated carbocycles. The van der Waals surface area contributed by atoms with Crippen LogP contribution in [0.4, 0.5) is 0 Å². The summed E-state index contributed by atoms with van der Waals surface area (Å²) in [6, 6.07) is 37.6. The second kappa shape index (κ2) is 30.1. The Balaban J connectivity index is 0.718. The molecule has 8 atom stereocenters. The minimum atomic E-state index is -0.0810. The average molecular weight is 967 g/mol. The highest BCUT2D eigenvalue weighted by atomic mass is 16.6. The molecule has 8 unspecified atom stereocenters. The molecule has 4 aromatic rings. The second-order valence-corrected chi connectivity index (χ2v) is 22.4. The van der Waals surface area contributed by atoms with Gasteiger partial charge in [0.25, 0.3) is 0 Å². The maximum atomic E-state index is 6.97. The van der Waals surface area contributed by atoms with Crippen LogP contribution in [0, 0.1) is 0 Å². The van der Waals surface area contributed by atoms with E-state index in [-0.39, 0.29) is 24.4 Å². The van der Waals surface area contributed by atoms with Crippen LogP contribution in [0.15, 0.2) is 97.1 Å². The van der Waals surface area contributed by atoms with E-state index >= 15 is 0 Å². The van der Waals surface area contributed by atoms with Crippen molar-refractivity contribution in [3.63, 3.8) is 0 Å². The number of benzene rings is 4. The predicted octanol–water partition coefficient (Wildman–Crippen LogP) is 17.2. The van der Waals surface area contributed by atoms with E-state index in [1.165, 1.54) is 187 Å². The Kier molecular flexibility index (Phi) is 22.9. The maximum absolute atomic E-state index is 6.97. The van der Waals surface area contributed by atoms with Gasteiger partial charge in [-0.25, -0.2) is 0 Å². The highest BCUT2D eigenvalue weighted by molar-refractivity contribution is 5.30. The molecule has 0 aliphatic carbocycles. The number of ether oxygens (including phenoxy) is 5. The molecule has 4 aliphatic rings. The van der Waals surface area contributed by atoms with Gasteiger partial charge in [0, 0.05) is 12.8 Å². The summed E-state index contributed by atoms with van der Waals surface area (Å²) in [4.78, 5) is 0. The summed E-state index contributed by atoms with van der Waals surface area (Å²) < 4.78 is 29.7. The zero-order chi connectivity index (χ0) is 48.7. The molecule has 71 heavy (non-hydrogen) atoms. The molecule has 0 amide bonds. The van der Waals surface area contributed by atoms with Crippen LogP contribution < -0.4 is 0 Å². The van der Waals surface area contributed by atoms with Crippen molar-refractivity contribution in [3.05, 3.63) is 142 Å². The van der Waals surface area contributed by atoms with E-state index in [1.807, 2.05) is 0 Å². The van der Waals surface area contributed by atoms with E-state index in [9.17, 15) is 0 Å². The summed E-state index contributed by atoms with van der Waals surface area (Å²) in [6.07, 6.45) is 37.5. The Bertz CT molecular complexity index is 1860. The fourth-order valence-electron chi connectivity index (χ4n) is 11.3. The number of rotatable bonds is 40. The van der Waals surface area contributed by atoms with Gasteiger partial charge in [-0.05, 0) is 108 Å². The van der Waals surface area contributed by atoms with E-state index in [0.29, 0.717) is 24.0 Å². The molecule has 0 radical (unpaired) electrons. The first-order chi connectivity index (χ1) is 35.1. The summed E-state index contributed by atoms with van der Waals surface area (Å²) >= 11 is 0. The summed E-state index contributed by atoms with van der Waals surface area (Å²) in [5, 5.41) is 0. The molecule has 0 spiro atoms. The van der Waals surface area contributed by atoms with Gasteiger partial charge in [-0.15, -0.1) is 0 Å². The van der Waals surface area contributed by atoms with Gasteiger partial charge in [0.15, 0.2) is 0 Å². The fourth-order valence-corrected chi connectivity index (χ4v) is 11.3. The van der Waals surface area contributed by atoms with Gasteiger partial charge in [0.05, 0.1) is 38.6 Å². The predicted molar refractivity (Wildman–Crippen MR) is 294 cm³/mol. The van der Waals surface area contributed by atoms with Crippen LogP contribution in [0.25, 0.3) is 0 Å². The molecular formula is C66H94O5. The van der Waals surface area contributed by atoms with E-state index in [1.54, 1.807) is 11.1 Å². The molecule has 4 aliphatic heterocycles. The van der Waals surface area contributed by atoms with Crippen molar-refractivity contribution in [2.24, 2.45) is 0 Å². The Morgan fingerprint density at radius 3 is 0.972 bits per heavy atom. The summed E-state index contributed by atoms with van der Waals surface area (Å²) in [5.41, 5.74) is 11.3. The molecule has 0 aromatic heterocycles. The van der Waals surface area contributed by atoms with E-state index in [4.69, 9.17) is 23.7 Å². The Labute approximate surface area is 431 Å². The van der Waals surface area contributed by atoms with E-state index < -0.39 is 0 Å². The van der Waals surface area contributed by atoms with E-state index in [2.05, 4.69) is 111 Å². The Hall–Kier alpha value is -3.32. The van der Waals surface area contributed by atoms with Crippen molar-refractivity contribution < 1.29 is 23.7 Å². The van der Waals surface area contributed by atoms with Crippen LogP contribution in [0.2, 0.25) is 0 Å². The van der Waals surface area contributed by atoms with Crippen LogP contribution >= 0.6 is 0 Å². The van der Waals surface area contributed by atoms with Crippen molar-refractivity contribution in [3.8, 4) is 0 Å². The number of epoxide rings is 4. The lowest BCUT2D eigenvalue weighted by Crippen LogP contribution is -2.19. The molecule has 4 fully saturated rings. The van der Waals surface area contributed by atoms with Gasteiger partial charge >= 0.3 is 0 Å².